The Hall–Kier alpha value is -3.43. The van der Waals surface area contributed by atoms with Gasteiger partial charge in [0, 0.05) is 24.2 Å². The number of nitrogen functional groups attached to an aromatic ring is 1. The van der Waals surface area contributed by atoms with Gasteiger partial charge in [-0.2, -0.15) is 0 Å². The number of aromatic nitrogens is 3. The van der Waals surface area contributed by atoms with E-state index in [-0.39, 0.29) is 11.6 Å². The molecule has 164 valence electrons. The summed E-state index contributed by atoms with van der Waals surface area (Å²) in [4.78, 5) is 24.0. The fourth-order valence-electron chi connectivity index (χ4n) is 3.07. The molecular formula is C21H18FN4O5P. The van der Waals surface area contributed by atoms with Gasteiger partial charge in [-0.15, -0.1) is 0 Å². The molecule has 0 aliphatic carbocycles. The molecule has 0 aliphatic rings. The molecule has 0 saturated heterocycles. The zero-order chi connectivity index (χ0) is 22.7. The first-order chi connectivity index (χ1) is 15.3. The molecule has 0 radical (unpaired) electrons. The van der Waals surface area contributed by atoms with Crippen molar-refractivity contribution >= 4 is 13.6 Å². The van der Waals surface area contributed by atoms with E-state index in [1.54, 1.807) is 36.5 Å². The second-order valence-corrected chi connectivity index (χ2v) is 8.12. The van der Waals surface area contributed by atoms with Crippen molar-refractivity contribution in [3.8, 4) is 22.6 Å². The van der Waals surface area contributed by atoms with Crippen LogP contribution in [0.4, 0.5) is 10.2 Å². The van der Waals surface area contributed by atoms with E-state index in [1.165, 1.54) is 22.9 Å². The molecule has 1 unspecified atom stereocenters. The van der Waals surface area contributed by atoms with Crippen molar-refractivity contribution < 1.29 is 32.4 Å². The highest BCUT2D eigenvalue weighted by Crippen LogP contribution is 2.30. The van der Waals surface area contributed by atoms with Gasteiger partial charge in [0.25, 0.3) is 13.6 Å². The molecule has 1 aromatic carbocycles. The van der Waals surface area contributed by atoms with Gasteiger partial charge in [0.2, 0.25) is 0 Å². The third-order valence-corrected chi connectivity index (χ3v) is 5.09. The summed E-state index contributed by atoms with van der Waals surface area (Å²) in [6.07, 6.45) is 3.67. The van der Waals surface area contributed by atoms with Crippen LogP contribution >= 0.6 is 7.82 Å². The van der Waals surface area contributed by atoms with Gasteiger partial charge < -0.3 is 14.3 Å². The molecule has 1 atom stereocenters. The highest BCUT2D eigenvalue weighted by atomic mass is 31.2. The normalized spacial score (nSPS) is 13.1. The number of pyridine rings is 2. The summed E-state index contributed by atoms with van der Waals surface area (Å²) in [5.41, 5.74) is 9.64. The standard InChI is InChI=1S/C21H18FN4O5P/c22-16-6-4-15(5-7-16)19-8-3-14(12-24-19)10-17-11-20(31-25-17)18-2-1-9-26(21(18)23)13-30-32(27,28)29/h1-9,11-12,23H,10,13H2,(H2,27,28,29). The number of nitrogens with two attached hydrogens (primary N) is 1. The Labute approximate surface area is 182 Å². The van der Waals surface area contributed by atoms with Crippen molar-refractivity contribution in [2.75, 3.05) is 5.73 Å². The van der Waals surface area contributed by atoms with Crippen LogP contribution in [0.15, 0.2) is 71.5 Å². The van der Waals surface area contributed by atoms with Crippen molar-refractivity contribution in [2.24, 2.45) is 0 Å². The summed E-state index contributed by atoms with van der Waals surface area (Å²) in [5.74, 6) is 0.258. The Balaban J connectivity index is 1.48. The molecule has 0 spiro atoms. The Morgan fingerprint density at radius 3 is 2.69 bits per heavy atom. The molecule has 0 amide bonds. The maximum Gasteiger partial charge on any atom is 0.285 e. The van der Waals surface area contributed by atoms with Crippen molar-refractivity contribution in [2.45, 2.75) is 13.2 Å². The SMILES string of the molecule is Nc1c(-c2cc(Cc3ccc(-c4ccc(F)cc4)nc3)no2)ccc[n+]1COP(=O)([O-])O. The Morgan fingerprint density at radius 1 is 1.22 bits per heavy atom. The van der Waals surface area contributed by atoms with Gasteiger partial charge in [-0.25, -0.2) is 8.96 Å². The minimum atomic E-state index is -4.88. The minimum Gasteiger partial charge on any atom is -0.756 e. The predicted octanol–water partition coefficient (Wildman–Crippen LogP) is 2.44. The Kier molecular flexibility index (Phi) is 6.11. The molecule has 4 aromatic rings. The van der Waals surface area contributed by atoms with E-state index >= 15 is 0 Å². The first-order valence-corrected chi connectivity index (χ1v) is 10.9. The molecule has 3 aromatic heterocycles. The van der Waals surface area contributed by atoms with Crippen LogP contribution in [0, 0.1) is 5.82 Å². The maximum absolute atomic E-state index is 13.1. The fraction of sp³-hybridized carbons (Fsp3) is 0.0952. The van der Waals surface area contributed by atoms with E-state index in [0.29, 0.717) is 23.4 Å². The highest BCUT2D eigenvalue weighted by Gasteiger charge is 2.18. The molecule has 4 rings (SSSR count). The molecule has 0 saturated carbocycles. The smallest absolute Gasteiger partial charge is 0.285 e. The van der Waals surface area contributed by atoms with Crippen molar-refractivity contribution in [1.82, 2.24) is 10.1 Å². The molecule has 0 bridgehead atoms. The van der Waals surface area contributed by atoms with E-state index < -0.39 is 14.6 Å². The lowest BCUT2D eigenvalue weighted by Gasteiger charge is -2.14. The Morgan fingerprint density at radius 2 is 2.00 bits per heavy atom. The average molecular weight is 456 g/mol. The van der Waals surface area contributed by atoms with Crippen LogP contribution in [0.25, 0.3) is 22.6 Å². The number of halogens is 1. The monoisotopic (exact) mass is 456 g/mol. The van der Waals surface area contributed by atoms with Crippen LogP contribution in [0.1, 0.15) is 11.3 Å². The number of phosphoric ester groups is 1. The number of phosphoric acid groups is 1. The van der Waals surface area contributed by atoms with E-state index in [1.807, 2.05) is 12.1 Å². The molecule has 0 aliphatic heterocycles. The zero-order valence-electron chi connectivity index (χ0n) is 16.6. The number of benzene rings is 1. The third kappa shape index (κ3) is 5.24. The summed E-state index contributed by atoms with van der Waals surface area (Å²) < 4.78 is 35.0. The molecule has 11 heteroatoms. The van der Waals surface area contributed by atoms with Gasteiger partial charge in [0.1, 0.15) is 11.4 Å². The molecule has 3 heterocycles. The Bertz CT molecular complexity index is 1270. The van der Waals surface area contributed by atoms with Crippen molar-refractivity contribution in [1.29, 1.82) is 0 Å². The van der Waals surface area contributed by atoms with Gasteiger partial charge >= 0.3 is 0 Å². The lowest BCUT2D eigenvalue weighted by Crippen LogP contribution is -2.38. The van der Waals surface area contributed by atoms with E-state index in [0.717, 1.165) is 16.8 Å². The lowest BCUT2D eigenvalue weighted by molar-refractivity contribution is -0.712. The number of hydrogen-bond donors (Lipinski definition) is 2. The van der Waals surface area contributed by atoms with Crippen LogP contribution in [0.3, 0.4) is 0 Å². The van der Waals surface area contributed by atoms with Crippen LogP contribution in [0.5, 0.6) is 0 Å². The predicted molar refractivity (Wildman–Crippen MR) is 110 cm³/mol. The van der Waals surface area contributed by atoms with E-state index in [9.17, 15) is 13.8 Å². The van der Waals surface area contributed by atoms with Gasteiger partial charge in [-0.05, 0) is 48.0 Å². The van der Waals surface area contributed by atoms with Gasteiger partial charge in [0.05, 0.1) is 17.6 Å². The van der Waals surface area contributed by atoms with E-state index in [4.69, 9.17) is 15.2 Å². The van der Waals surface area contributed by atoms with Gasteiger partial charge in [-0.3, -0.25) is 19.8 Å². The summed E-state index contributed by atoms with van der Waals surface area (Å²) in [6.45, 7) is -0.482. The minimum absolute atomic E-state index is 0.175. The van der Waals surface area contributed by atoms with Crippen LogP contribution in [0.2, 0.25) is 0 Å². The largest absolute Gasteiger partial charge is 0.756 e. The maximum atomic E-state index is 13.1. The molecule has 3 N–H and O–H groups in total. The first kappa shape index (κ1) is 21.8. The third-order valence-electron chi connectivity index (χ3n) is 4.65. The van der Waals surface area contributed by atoms with Gasteiger partial charge in [0.15, 0.2) is 12.5 Å². The fourth-order valence-corrected chi connectivity index (χ4v) is 3.34. The summed E-state index contributed by atoms with van der Waals surface area (Å²) in [7, 11) is -4.88. The van der Waals surface area contributed by atoms with Crippen molar-refractivity contribution in [3.05, 3.63) is 84.1 Å². The quantitative estimate of drug-likeness (QED) is 0.319. The lowest BCUT2D eigenvalue weighted by atomic mass is 10.1. The average Bonchev–Trinajstić information content (AvgIpc) is 3.22. The summed E-state index contributed by atoms with van der Waals surface area (Å²) in [5, 5.41) is 4.06. The number of hydrogen-bond acceptors (Lipinski definition) is 7. The molecule has 9 nitrogen and oxygen atoms in total. The summed E-state index contributed by atoms with van der Waals surface area (Å²) in [6, 6.07) is 14.9. The number of anilines is 1. The second kappa shape index (κ2) is 8.97. The highest BCUT2D eigenvalue weighted by molar-refractivity contribution is 7.44. The second-order valence-electron chi connectivity index (χ2n) is 6.92. The number of nitrogens with zero attached hydrogens (tertiary/aromatic N) is 3. The van der Waals surface area contributed by atoms with E-state index in [2.05, 4.69) is 14.7 Å². The van der Waals surface area contributed by atoms with Crippen molar-refractivity contribution in [3.63, 3.8) is 0 Å². The topological polar surface area (TPSA) is 138 Å². The van der Waals surface area contributed by atoms with Crippen LogP contribution in [-0.2, 0) is 22.2 Å². The molecule has 0 fully saturated rings. The number of rotatable bonds is 7. The van der Waals surface area contributed by atoms with Crippen LogP contribution in [-0.4, -0.2) is 15.0 Å². The first-order valence-electron chi connectivity index (χ1n) is 9.41. The zero-order valence-corrected chi connectivity index (χ0v) is 17.5. The molecular weight excluding hydrogens is 438 g/mol. The van der Waals surface area contributed by atoms with Gasteiger partial charge in [-0.1, -0.05) is 11.2 Å². The van der Waals surface area contributed by atoms with Crippen LogP contribution < -0.4 is 15.2 Å². The molecule has 32 heavy (non-hydrogen) atoms. The summed E-state index contributed by atoms with van der Waals surface area (Å²) >= 11 is 0.